The maximum atomic E-state index is 12.8. The standard InChI is InChI=1S/C18H16F3N3O/c1-3-14-15(24-9-5-6-11(2)16(24)23-14)17(25)22-13-8-4-7-12(10-13)18(19,20)21/h4-10H,3H2,1-2H3,(H,22,25). The Morgan fingerprint density at radius 1 is 1.24 bits per heavy atom. The van der Waals surface area contributed by atoms with Crippen LogP contribution in [0.4, 0.5) is 18.9 Å². The highest BCUT2D eigenvalue weighted by molar-refractivity contribution is 6.04. The molecular formula is C18H16F3N3O. The van der Waals surface area contributed by atoms with Gasteiger partial charge < -0.3 is 5.32 Å². The van der Waals surface area contributed by atoms with Crippen molar-refractivity contribution in [1.82, 2.24) is 9.38 Å². The van der Waals surface area contributed by atoms with Crippen LogP contribution in [0.5, 0.6) is 0 Å². The van der Waals surface area contributed by atoms with E-state index in [1.165, 1.54) is 12.1 Å². The molecule has 0 saturated heterocycles. The second-order valence-corrected chi connectivity index (χ2v) is 5.68. The van der Waals surface area contributed by atoms with Crippen molar-refractivity contribution in [2.75, 3.05) is 5.32 Å². The highest BCUT2D eigenvalue weighted by atomic mass is 19.4. The van der Waals surface area contributed by atoms with Gasteiger partial charge in [-0.2, -0.15) is 13.2 Å². The van der Waals surface area contributed by atoms with Crippen LogP contribution in [0.2, 0.25) is 0 Å². The molecular weight excluding hydrogens is 331 g/mol. The van der Waals surface area contributed by atoms with E-state index in [0.717, 1.165) is 17.7 Å². The van der Waals surface area contributed by atoms with Crippen LogP contribution in [-0.2, 0) is 12.6 Å². The van der Waals surface area contributed by atoms with Crippen LogP contribution in [0.25, 0.3) is 5.65 Å². The third-order valence-corrected chi connectivity index (χ3v) is 3.92. The number of alkyl halides is 3. The lowest BCUT2D eigenvalue weighted by Crippen LogP contribution is -2.17. The molecule has 0 unspecified atom stereocenters. The van der Waals surface area contributed by atoms with Gasteiger partial charge in [0.15, 0.2) is 0 Å². The molecule has 3 rings (SSSR count). The summed E-state index contributed by atoms with van der Waals surface area (Å²) in [5, 5.41) is 2.54. The van der Waals surface area contributed by atoms with Crippen LogP contribution in [0.1, 0.15) is 34.2 Å². The molecule has 0 fully saturated rings. The number of carbonyl (C=O) groups excluding carboxylic acids is 1. The Kier molecular flexibility index (Phi) is 4.24. The number of aryl methyl sites for hydroxylation is 2. The van der Waals surface area contributed by atoms with Crippen molar-refractivity contribution >= 4 is 17.2 Å². The number of rotatable bonds is 3. The van der Waals surface area contributed by atoms with Crippen LogP contribution in [0.3, 0.4) is 0 Å². The molecule has 2 aromatic heterocycles. The third kappa shape index (κ3) is 3.22. The van der Waals surface area contributed by atoms with Gasteiger partial charge in [-0.05, 0) is 43.2 Å². The van der Waals surface area contributed by atoms with Gasteiger partial charge in [0.1, 0.15) is 11.3 Å². The molecule has 1 amide bonds. The summed E-state index contributed by atoms with van der Waals surface area (Å²) in [4.78, 5) is 17.2. The minimum atomic E-state index is -4.46. The van der Waals surface area contributed by atoms with E-state index in [1.807, 2.05) is 19.9 Å². The fraction of sp³-hybridized carbons (Fsp3) is 0.222. The topological polar surface area (TPSA) is 46.4 Å². The molecule has 1 N–H and O–H groups in total. The molecule has 3 aromatic rings. The van der Waals surface area contributed by atoms with Gasteiger partial charge in [-0.3, -0.25) is 9.20 Å². The van der Waals surface area contributed by atoms with E-state index in [1.54, 1.807) is 16.7 Å². The molecule has 0 radical (unpaired) electrons. The predicted molar refractivity (Wildman–Crippen MR) is 88.7 cm³/mol. The summed E-state index contributed by atoms with van der Waals surface area (Å²) in [6, 6.07) is 8.24. The van der Waals surface area contributed by atoms with E-state index < -0.39 is 17.6 Å². The zero-order chi connectivity index (χ0) is 18.2. The van der Waals surface area contributed by atoms with E-state index in [4.69, 9.17) is 0 Å². The fourth-order valence-electron chi connectivity index (χ4n) is 2.70. The summed E-state index contributed by atoms with van der Waals surface area (Å²) in [7, 11) is 0. The van der Waals surface area contributed by atoms with Gasteiger partial charge in [0.05, 0.1) is 11.3 Å². The summed E-state index contributed by atoms with van der Waals surface area (Å²) in [5.41, 5.74) is 1.78. The number of hydrogen-bond donors (Lipinski definition) is 1. The maximum Gasteiger partial charge on any atom is 0.416 e. The lowest BCUT2D eigenvalue weighted by molar-refractivity contribution is -0.137. The van der Waals surface area contributed by atoms with Gasteiger partial charge in [-0.15, -0.1) is 0 Å². The molecule has 1 aromatic carbocycles. The first-order valence-corrected chi connectivity index (χ1v) is 7.76. The van der Waals surface area contributed by atoms with Crippen molar-refractivity contribution in [2.24, 2.45) is 0 Å². The summed E-state index contributed by atoms with van der Waals surface area (Å²) in [5.74, 6) is -0.491. The zero-order valence-corrected chi connectivity index (χ0v) is 13.7. The van der Waals surface area contributed by atoms with Crippen molar-refractivity contribution in [2.45, 2.75) is 26.4 Å². The number of benzene rings is 1. The molecule has 130 valence electrons. The molecule has 7 heteroatoms. The summed E-state index contributed by atoms with van der Waals surface area (Å²) < 4.78 is 40.1. The second kappa shape index (κ2) is 6.23. The van der Waals surface area contributed by atoms with Crippen molar-refractivity contribution in [1.29, 1.82) is 0 Å². The van der Waals surface area contributed by atoms with Crippen molar-refractivity contribution < 1.29 is 18.0 Å². The third-order valence-electron chi connectivity index (χ3n) is 3.92. The summed E-state index contributed by atoms with van der Waals surface area (Å²) in [6.45, 7) is 3.76. The van der Waals surface area contributed by atoms with E-state index in [2.05, 4.69) is 10.3 Å². The number of imidazole rings is 1. The Morgan fingerprint density at radius 3 is 2.68 bits per heavy atom. The normalized spacial score (nSPS) is 11.7. The van der Waals surface area contributed by atoms with Gasteiger partial charge in [-0.1, -0.05) is 19.1 Å². The number of halogens is 3. The molecule has 0 aliphatic carbocycles. The van der Waals surface area contributed by atoms with Gasteiger partial charge in [0, 0.05) is 11.9 Å². The van der Waals surface area contributed by atoms with Gasteiger partial charge in [0.25, 0.3) is 5.91 Å². The molecule has 0 aliphatic heterocycles. The Bertz CT molecular complexity index is 944. The largest absolute Gasteiger partial charge is 0.416 e. The molecule has 0 spiro atoms. The fourth-order valence-corrected chi connectivity index (χ4v) is 2.70. The SMILES string of the molecule is CCc1nc2c(C)cccn2c1C(=O)Nc1cccc(C(F)(F)F)c1. The van der Waals surface area contributed by atoms with Crippen LogP contribution < -0.4 is 5.32 Å². The summed E-state index contributed by atoms with van der Waals surface area (Å²) >= 11 is 0. The van der Waals surface area contributed by atoms with Crippen molar-refractivity contribution in [3.05, 3.63) is 65.1 Å². The van der Waals surface area contributed by atoms with Gasteiger partial charge in [0.2, 0.25) is 0 Å². The first-order chi connectivity index (χ1) is 11.8. The smallest absolute Gasteiger partial charge is 0.321 e. The Morgan fingerprint density at radius 2 is 2.00 bits per heavy atom. The van der Waals surface area contributed by atoms with Crippen LogP contribution in [-0.4, -0.2) is 15.3 Å². The number of carbonyl (C=O) groups is 1. The van der Waals surface area contributed by atoms with E-state index in [9.17, 15) is 18.0 Å². The van der Waals surface area contributed by atoms with Gasteiger partial charge in [-0.25, -0.2) is 4.98 Å². The van der Waals surface area contributed by atoms with E-state index in [0.29, 0.717) is 23.5 Å². The highest BCUT2D eigenvalue weighted by Gasteiger charge is 2.30. The molecule has 0 saturated carbocycles. The number of nitrogens with zero attached hydrogens (tertiary/aromatic N) is 2. The highest BCUT2D eigenvalue weighted by Crippen LogP contribution is 2.30. The number of nitrogens with one attached hydrogen (secondary N) is 1. The number of aromatic nitrogens is 2. The zero-order valence-electron chi connectivity index (χ0n) is 13.7. The van der Waals surface area contributed by atoms with Crippen LogP contribution in [0, 0.1) is 6.92 Å². The molecule has 2 heterocycles. The lowest BCUT2D eigenvalue weighted by atomic mass is 10.2. The minimum Gasteiger partial charge on any atom is -0.321 e. The number of fused-ring (bicyclic) bond motifs is 1. The van der Waals surface area contributed by atoms with E-state index in [-0.39, 0.29) is 5.69 Å². The monoisotopic (exact) mass is 347 g/mol. The molecule has 0 bridgehead atoms. The van der Waals surface area contributed by atoms with E-state index >= 15 is 0 Å². The first-order valence-electron chi connectivity index (χ1n) is 7.76. The molecule has 0 atom stereocenters. The van der Waals surface area contributed by atoms with Crippen LogP contribution in [0.15, 0.2) is 42.6 Å². The van der Waals surface area contributed by atoms with Crippen molar-refractivity contribution in [3.8, 4) is 0 Å². The number of amides is 1. The predicted octanol–water partition coefficient (Wildman–Crippen LogP) is 4.48. The minimum absolute atomic E-state index is 0.0875. The summed E-state index contributed by atoms with van der Waals surface area (Å²) in [6.07, 6.45) is -2.21. The Hall–Kier alpha value is -2.83. The number of pyridine rings is 1. The molecule has 0 aliphatic rings. The second-order valence-electron chi connectivity index (χ2n) is 5.68. The number of anilines is 1. The maximum absolute atomic E-state index is 12.8. The average molecular weight is 347 g/mol. The number of hydrogen-bond acceptors (Lipinski definition) is 2. The average Bonchev–Trinajstić information content (AvgIpc) is 2.94. The van der Waals surface area contributed by atoms with Crippen LogP contribution >= 0.6 is 0 Å². The Labute approximate surface area is 142 Å². The van der Waals surface area contributed by atoms with Crippen molar-refractivity contribution in [3.63, 3.8) is 0 Å². The molecule has 4 nitrogen and oxygen atoms in total. The first kappa shape index (κ1) is 17.0. The Balaban J connectivity index is 2.00. The van der Waals surface area contributed by atoms with Gasteiger partial charge >= 0.3 is 6.18 Å². The lowest BCUT2D eigenvalue weighted by Gasteiger charge is -2.10. The molecule has 25 heavy (non-hydrogen) atoms. The quantitative estimate of drug-likeness (QED) is 0.759.